The molecule has 0 atom stereocenters. The minimum absolute atomic E-state index is 0. The zero-order chi connectivity index (χ0) is 4.24. The first-order valence-electron chi connectivity index (χ1n) is 2.58. The third-order valence-corrected chi connectivity index (χ3v) is 1.08. The summed E-state index contributed by atoms with van der Waals surface area (Å²) >= 11 is 0. The number of hydrogen-bond donors (Lipinski definition) is 0. The summed E-state index contributed by atoms with van der Waals surface area (Å²) in [4.78, 5) is 0. The molecule has 1 nitrogen and oxygen atoms in total. The molecule has 2 heteroatoms. The summed E-state index contributed by atoms with van der Waals surface area (Å²) in [5, 5.41) is 0. The molecule has 0 spiro atoms. The van der Waals surface area contributed by atoms with Gasteiger partial charge in [-0.15, -0.1) is 0 Å². The fourth-order valence-corrected chi connectivity index (χ4v) is 0.687. The minimum atomic E-state index is 0. The van der Waals surface area contributed by atoms with E-state index in [4.69, 9.17) is 4.74 Å². The van der Waals surface area contributed by atoms with Crippen LogP contribution in [0.3, 0.4) is 0 Å². The van der Waals surface area contributed by atoms with Crippen molar-refractivity contribution in [2.75, 3.05) is 13.2 Å². The third kappa shape index (κ3) is 3.83. The van der Waals surface area contributed by atoms with Crippen LogP contribution in [0.2, 0.25) is 0 Å². The molecule has 0 aliphatic carbocycles. The van der Waals surface area contributed by atoms with Crippen LogP contribution in [0.15, 0.2) is 0 Å². The third-order valence-electron chi connectivity index (χ3n) is 1.08. The Hall–Kier alpha value is 1.28. The molecule has 0 aromatic heterocycles. The van der Waals surface area contributed by atoms with Gasteiger partial charge in [0.1, 0.15) is 0 Å². The summed E-state index contributed by atoms with van der Waals surface area (Å²) in [5.41, 5.74) is 0. The first kappa shape index (κ1) is 8.28. The molecule has 1 saturated heterocycles. The van der Waals surface area contributed by atoms with E-state index in [0.717, 1.165) is 13.2 Å². The average molecular weight is 243 g/mol. The largest absolute Gasteiger partial charge is 0.381 e. The number of hydrogen-bond acceptors (Lipinski definition) is 1. The van der Waals surface area contributed by atoms with Crippen molar-refractivity contribution in [2.24, 2.45) is 0 Å². The molecule has 1 rings (SSSR count). The summed E-state index contributed by atoms with van der Waals surface area (Å²) in [6.45, 7) is 2.00. The molecule has 1 aliphatic heterocycles. The van der Waals surface area contributed by atoms with E-state index in [0.29, 0.717) is 0 Å². The van der Waals surface area contributed by atoms with Crippen LogP contribution in [0.1, 0.15) is 19.3 Å². The first-order chi connectivity index (χ1) is 3.00. The predicted molar refractivity (Wildman–Crippen MR) is 24.7 cm³/mol. The average Bonchev–Trinajstić information content (AvgIpc) is 1.72. The molecular formula is C5H10GdO. The quantitative estimate of drug-likeness (QED) is 0.621. The molecule has 7 heavy (non-hydrogen) atoms. The summed E-state index contributed by atoms with van der Waals surface area (Å²) in [6.07, 6.45) is 3.93. The van der Waals surface area contributed by atoms with Gasteiger partial charge >= 0.3 is 0 Å². The van der Waals surface area contributed by atoms with Crippen LogP contribution in [-0.2, 0) is 4.74 Å². The van der Waals surface area contributed by atoms with Crippen LogP contribution in [0.25, 0.3) is 0 Å². The zero-order valence-corrected chi connectivity index (χ0v) is 6.57. The summed E-state index contributed by atoms with van der Waals surface area (Å²) in [6, 6.07) is 0. The van der Waals surface area contributed by atoms with Crippen molar-refractivity contribution in [3.63, 3.8) is 0 Å². The van der Waals surface area contributed by atoms with Gasteiger partial charge in [-0.25, -0.2) is 0 Å². The Kier molecular flexibility index (Phi) is 6.42. The van der Waals surface area contributed by atoms with E-state index in [1.807, 2.05) is 0 Å². The van der Waals surface area contributed by atoms with Gasteiger partial charge in [0.25, 0.3) is 0 Å². The van der Waals surface area contributed by atoms with E-state index < -0.39 is 0 Å². The van der Waals surface area contributed by atoms with Crippen LogP contribution in [0, 0.1) is 39.9 Å². The van der Waals surface area contributed by atoms with E-state index in [-0.39, 0.29) is 39.9 Å². The van der Waals surface area contributed by atoms with Gasteiger partial charge in [0.2, 0.25) is 0 Å². The summed E-state index contributed by atoms with van der Waals surface area (Å²) in [7, 11) is 0. The van der Waals surface area contributed by atoms with E-state index in [9.17, 15) is 0 Å². The predicted octanol–water partition coefficient (Wildman–Crippen LogP) is 1.19. The molecule has 1 heterocycles. The molecule has 0 bridgehead atoms. The zero-order valence-electron chi connectivity index (χ0n) is 4.30. The Morgan fingerprint density at radius 1 is 0.857 bits per heavy atom. The second kappa shape index (κ2) is 5.42. The molecule has 0 unspecified atom stereocenters. The molecule has 0 saturated carbocycles. The van der Waals surface area contributed by atoms with E-state index in [1.165, 1.54) is 19.3 Å². The van der Waals surface area contributed by atoms with Gasteiger partial charge in [0.05, 0.1) is 0 Å². The maximum Gasteiger partial charge on any atom is 0.0466 e. The maximum atomic E-state index is 5.07. The van der Waals surface area contributed by atoms with Crippen molar-refractivity contribution in [3.05, 3.63) is 0 Å². The molecular weight excluding hydrogens is 233 g/mol. The van der Waals surface area contributed by atoms with E-state index in [1.54, 1.807) is 0 Å². The minimum Gasteiger partial charge on any atom is -0.381 e. The second-order valence-electron chi connectivity index (χ2n) is 1.67. The van der Waals surface area contributed by atoms with Gasteiger partial charge in [-0.3, -0.25) is 0 Å². The standard InChI is InChI=1S/C5H10O.Gd/c1-2-4-6-5-3-1;/h1-5H2;. The van der Waals surface area contributed by atoms with Crippen molar-refractivity contribution in [1.29, 1.82) is 0 Å². The Bertz CT molecular complexity index is 23.6. The number of rotatable bonds is 0. The Morgan fingerprint density at radius 2 is 1.43 bits per heavy atom. The maximum absolute atomic E-state index is 5.07. The van der Waals surface area contributed by atoms with E-state index >= 15 is 0 Å². The fraction of sp³-hybridized carbons (Fsp3) is 1.00. The van der Waals surface area contributed by atoms with Crippen molar-refractivity contribution < 1.29 is 44.7 Å². The van der Waals surface area contributed by atoms with Gasteiger partial charge in [-0.2, -0.15) is 0 Å². The molecule has 1 fully saturated rings. The molecule has 1 aliphatic rings. The Morgan fingerprint density at radius 3 is 1.57 bits per heavy atom. The molecule has 44 valence electrons. The molecule has 0 N–H and O–H groups in total. The smallest absolute Gasteiger partial charge is 0.0466 e. The fourth-order valence-electron chi connectivity index (χ4n) is 0.687. The Labute approximate surface area is 76.5 Å². The van der Waals surface area contributed by atoms with Gasteiger partial charge in [0.15, 0.2) is 0 Å². The normalized spacial score (nSPS) is 20.6. The second-order valence-corrected chi connectivity index (χ2v) is 1.67. The van der Waals surface area contributed by atoms with Crippen LogP contribution in [0.4, 0.5) is 0 Å². The van der Waals surface area contributed by atoms with E-state index in [2.05, 4.69) is 0 Å². The van der Waals surface area contributed by atoms with Crippen LogP contribution in [0.5, 0.6) is 0 Å². The summed E-state index contributed by atoms with van der Waals surface area (Å²) < 4.78 is 5.07. The molecule has 0 amide bonds. The van der Waals surface area contributed by atoms with Gasteiger partial charge in [0, 0.05) is 53.2 Å². The van der Waals surface area contributed by atoms with Crippen molar-refractivity contribution in [3.8, 4) is 0 Å². The van der Waals surface area contributed by atoms with Crippen molar-refractivity contribution in [2.45, 2.75) is 19.3 Å². The monoisotopic (exact) mass is 244 g/mol. The Balaban J connectivity index is 0.000000360. The first-order valence-corrected chi connectivity index (χ1v) is 2.58. The van der Waals surface area contributed by atoms with Crippen LogP contribution in [-0.4, -0.2) is 13.2 Å². The summed E-state index contributed by atoms with van der Waals surface area (Å²) in [5.74, 6) is 0. The van der Waals surface area contributed by atoms with Crippen molar-refractivity contribution in [1.82, 2.24) is 0 Å². The SMILES string of the molecule is C1CCOCC1.[Gd]. The molecule has 0 aromatic carbocycles. The van der Waals surface area contributed by atoms with Crippen molar-refractivity contribution >= 4 is 0 Å². The molecule has 0 aromatic rings. The van der Waals surface area contributed by atoms with Gasteiger partial charge < -0.3 is 4.74 Å². The van der Waals surface area contributed by atoms with Gasteiger partial charge in [-0.1, -0.05) is 0 Å². The topological polar surface area (TPSA) is 9.23 Å². The molecule has 0 radical (unpaired) electrons. The number of ether oxygens (including phenoxy) is 1. The van der Waals surface area contributed by atoms with Crippen LogP contribution >= 0.6 is 0 Å². The van der Waals surface area contributed by atoms with Crippen LogP contribution < -0.4 is 0 Å². The van der Waals surface area contributed by atoms with Gasteiger partial charge in [-0.05, 0) is 19.3 Å².